The molecule has 0 aromatic heterocycles. The monoisotopic (exact) mass is 302 g/mol. The van der Waals surface area contributed by atoms with Crippen LogP contribution in [-0.4, -0.2) is 23.5 Å². The second kappa shape index (κ2) is 6.59. The van der Waals surface area contributed by atoms with Gasteiger partial charge in [-0.25, -0.2) is 4.79 Å². The first-order valence-electron chi connectivity index (χ1n) is 5.43. The molecule has 1 aromatic rings. The van der Waals surface area contributed by atoms with Crippen molar-refractivity contribution in [2.45, 2.75) is 13.3 Å². The average molecular weight is 303 g/mol. The number of carbonyl (C=O) groups is 2. The molecule has 4 nitrogen and oxygen atoms in total. The Morgan fingerprint density at radius 3 is 2.53 bits per heavy atom. The first kappa shape index (κ1) is 15.5. The molecule has 1 aromatic carbocycles. The molecule has 0 aliphatic heterocycles. The quantitative estimate of drug-likeness (QED) is 0.644. The highest BCUT2D eigenvalue weighted by atomic mass is 35.5. The fraction of sp³-hybridized carbons (Fsp3) is 0.231. The van der Waals surface area contributed by atoms with Gasteiger partial charge in [0.25, 0.3) is 0 Å². The van der Waals surface area contributed by atoms with E-state index < -0.39 is 12.6 Å². The minimum absolute atomic E-state index is 0.0412. The Morgan fingerprint density at radius 1 is 1.37 bits per heavy atom. The molecule has 0 radical (unpaired) electrons. The van der Waals surface area contributed by atoms with Crippen LogP contribution in [0.1, 0.15) is 23.7 Å². The lowest BCUT2D eigenvalue weighted by Crippen LogP contribution is -2.13. The van der Waals surface area contributed by atoms with Crippen LogP contribution < -0.4 is 4.74 Å². The van der Waals surface area contributed by atoms with Crippen LogP contribution >= 0.6 is 23.2 Å². The molecule has 0 atom stereocenters. The number of benzene rings is 1. The van der Waals surface area contributed by atoms with Gasteiger partial charge >= 0.3 is 5.97 Å². The predicted molar refractivity (Wildman–Crippen MR) is 73.4 cm³/mol. The largest absolute Gasteiger partial charge is 0.481 e. The maximum atomic E-state index is 12.1. The molecule has 0 spiro atoms. The van der Waals surface area contributed by atoms with E-state index in [-0.39, 0.29) is 27.1 Å². The van der Waals surface area contributed by atoms with E-state index in [9.17, 15) is 9.59 Å². The molecule has 1 N–H and O–H groups in total. The van der Waals surface area contributed by atoms with Crippen molar-refractivity contribution in [3.05, 3.63) is 39.9 Å². The number of halogens is 2. The maximum Gasteiger partial charge on any atom is 0.341 e. The molecule has 0 bridgehead atoms. The Morgan fingerprint density at radius 2 is 2.00 bits per heavy atom. The molecule has 0 heterocycles. The van der Waals surface area contributed by atoms with Crippen LogP contribution in [0.2, 0.25) is 10.0 Å². The number of Topliss-reactive ketones (excluding diaryl/α,β-unsaturated/α-hetero) is 1. The number of allylic oxidation sites excluding steroid dienone is 1. The van der Waals surface area contributed by atoms with Crippen molar-refractivity contribution >= 4 is 35.0 Å². The van der Waals surface area contributed by atoms with Crippen molar-refractivity contribution in [1.29, 1.82) is 0 Å². The SMILES string of the molecule is C=C(CC)C(=O)c1c(Cl)cc(Cl)cc1OCC(=O)O. The maximum absolute atomic E-state index is 12.1. The summed E-state index contributed by atoms with van der Waals surface area (Å²) in [7, 11) is 0. The fourth-order valence-electron chi connectivity index (χ4n) is 1.36. The molecule has 0 unspecified atom stereocenters. The van der Waals surface area contributed by atoms with Crippen LogP contribution in [0, 0.1) is 0 Å². The molecular weight excluding hydrogens is 291 g/mol. The minimum atomic E-state index is -1.16. The number of carboxylic acid groups (broad SMARTS) is 1. The molecule has 1 rings (SSSR count). The number of carbonyl (C=O) groups excluding carboxylic acids is 1. The van der Waals surface area contributed by atoms with Crippen molar-refractivity contribution in [3.63, 3.8) is 0 Å². The number of ether oxygens (including phenoxy) is 1. The van der Waals surface area contributed by atoms with Gasteiger partial charge in [-0.15, -0.1) is 0 Å². The number of carboxylic acids is 1. The Balaban J connectivity index is 3.23. The molecule has 0 aliphatic rings. The lowest BCUT2D eigenvalue weighted by atomic mass is 10.0. The Hall–Kier alpha value is -1.52. The van der Waals surface area contributed by atoms with E-state index >= 15 is 0 Å². The van der Waals surface area contributed by atoms with Gasteiger partial charge in [0.2, 0.25) is 0 Å². The van der Waals surface area contributed by atoms with Gasteiger partial charge < -0.3 is 9.84 Å². The lowest BCUT2D eigenvalue weighted by Gasteiger charge is -2.12. The standard InChI is InChI=1S/C13H12Cl2O4/c1-3-7(2)13(18)12-9(15)4-8(14)5-10(12)19-6-11(16)17/h4-5H,2-3,6H2,1H3,(H,16,17). The van der Waals surface area contributed by atoms with E-state index in [1.54, 1.807) is 6.92 Å². The normalized spacial score (nSPS) is 10.1. The van der Waals surface area contributed by atoms with Gasteiger partial charge in [-0.05, 0) is 24.1 Å². The van der Waals surface area contributed by atoms with E-state index in [1.165, 1.54) is 12.1 Å². The van der Waals surface area contributed by atoms with Crippen molar-refractivity contribution in [1.82, 2.24) is 0 Å². The Kier molecular flexibility index (Phi) is 5.39. The molecule has 6 heteroatoms. The van der Waals surface area contributed by atoms with Gasteiger partial charge in [0, 0.05) is 5.02 Å². The molecule has 0 saturated heterocycles. The fourth-order valence-corrected chi connectivity index (χ4v) is 1.92. The summed E-state index contributed by atoms with van der Waals surface area (Å²) >= 11 is 11.8. The smallest absolute Gasteiger partial charge is 0.341 e. The van der Waals surface area contributed by atoms with Crippen LogP contribution in [0.3, 0.4) is 0 Å². The molecule has 0 amide bonds. The second-order valence-electron chi connectivity index (χ2n) is 3.73. The first-order valence-corrected chi connectivity index (χ1v) is 6.18. The van der Waals surface area contributed by atoms with Gasteiger partial charge in [-0.2, -0.15) is 0 Å². The van der Waals surface area contributed by atoms with Crippen LogP contribution in [0.25, 0.3) is 0 Å². The third-order valence-electron chi connectivity index (χ3n) is 2.34. The summed E-state index contributed by atoms with van der Waals surface area (Å²) in [5.41, 5.74) is 0.434. The highest BCUT2D eigenvalue weighted by Crippen LogP contribution is 2.33. The highest BCUT2D eigenvalue weighted by molar-refractivity contribution is 6.38. The number of ketones is 1. The molecule has 0 aliphatic carbocycles. The van der Waals surface area contributed by atoms with Gasteiger partial charge in [0.15, 0.2) is 12.4 Å². The van der Waals surface area contributed by atoms with Crippen LogP contribution in [0.4, 0.5) is 0 Å². The first-order chi connectivity index (χ1) is 8.86. The second-order valence-corrected chi connectivity index (χ2v) is 4.57. The predicted octanol–water partition coefficient (Wildman–Crippen LogP) is 3.61. The number of rotatable bonds is 6. The zero-order chi connectivity index (χ0) is 14.6. The van der Waals surface area contributed by atoms with Crippen LogP contribution in [-0.2, 0) is 4.79 Å². The Labute approximate surface area is 120 Å². The van der Waals surface area contributed by atoms with E-state index in [0.717, 1.165) is 0 Å². The Bertz CT molecular complexity index is 538. The summed E-state index contributed by atoms with van der Waals surface area (Å²) < 4.78 is 5.05. The number of hydrogen-bond donors (Lipinski definition) is 1. The third kappa shape index (κ3) is 3.98. The van der Waals surface area contributed by atoms with Gasteiger partial charge in [-0.1, -0.05) is 36.7 Å². The topological polar surface area (TPSA) is 63.6 Å². The summed E-state index contributed by atoms with van der Waals surface area (Å²) in [6.07, 6.45) is 0.455. The van der Waals surface area contributed by atoms with Gasteiger partial charge in [0.05, 0.1) is 10.6 Å². The molecule has 0 fully saturated rings. The van der Waals surface area contributed by atoms with Crippen molar-refractivity contribution < 1.29 is 19.4 Å². The number of hydrogen-bond acceptors (Lipinski definition) is 3. The van der Waals surface area contributed by atoms with Crippen molar-refractivity contribution in [2.24, 2.45) is 0 Å². The summed E-state index contributed by atoms with van der Waals surface area (Å²) in [4.78, 5) is 22.6. The summed E-state index contributed by atoms with van der Waals surface area (Å²) in [6, 6.07) is 2.75. The summed E-state index contributed by atoms with van der Waals surface area (Å²) in [5, 5.41) is 8.96. The summed E-state index contributed by atoms with van der Waals surface area (Å²) in [6.45, 7) is 4.83. The van der Waals surface area contributed by atoms with Gasteiger partial charge in [0.1, 0.15) is 5.75 Å². The molecule has 0 saturated carbocycles. The van der Waals surface area contributed by atoms with Gasteiger partial charge in [-0.3, -0.25) is 4.79 Å². The van der Waals surface area contributed by atoms with Crippen LogP contribution in [0.5, 0.6) is 5.75 Å². The van der Waals surface area contributed by atoms with Crippen molar-refractivity contribution in [3.8, 4) is 5.75 Å². The molecule has 102 valence electrons. The van der Waals surface area contributed by atoms with Crippen molar-refractivity contribution in [2.75, 3.05) is 6.61 Å². The highest BCUT2D eigenvalue weighted by Gasteiger charge is 2.20. The molecular formula is C13H12Cl2O4. The van der Waals surface area contributed by atoms with E-state index in [1.807, 2.05) is 0 Å². The van der Waals surface area contributed by atoms with E-state index in [0.29, 0.717) is 12.0 Å². The van der Waals surface area contributed by atoms with Crippen LogP contribution in [0.15, 0.2) is 24.3 Å². The lowest BCUT2D eigenvalue weighted by molar-refractivity contribution is -0.139. The third-order valence-corrected chi connectivity index (χ3v) is 2.86. The minimum Gasteiger partial charge on any atom is -0.481 e. The van der Waals surface area contributed by atoms with E-state index in [4.69, 9.17) is 33.0 Å². The molecule has 19 heavy (non-hydrogen) atoms. The van der Waals surface area contributed by atoms with E-state index in [2.05, 4.69) is 6.58 Å². The number of aliphatic carboxylic acids is 1. The summed E-state index contributed by atoms with van der Waals surface area (Å²) in [5.74, 6) is -1.51. The average Bonchev–Trinajstić information content (AvgIpc) is 2.33. The zero-order valence-corrected chi connectivity index (χ0v) is 11.7. The zero-order valence-electron chi connectivity index (χ0n) is 10.2.